The zero-order valence-corrected chi connectivity index (χ0v) is 16.6. The first kappa shape index (κ1) is 17.7. The van der Waals surface area contributed by atoms with Crippen LogP contribution in [0.4, 0.5) is 0 Å². The van der Waals surface area contributed by atoms with Crippen LogP contribution in [0, 0.1) is 0 Å². The van der Waals surface area contributed by atoms with E-state index in [1.807, 2.05) is 42.5 Å². The molecule has 0 saturated heterocycles. The maximum Gasteiger partial charge on any atom is 0.250 e. The summed E-state index contributed by atoms with van der Waals surface area (Å²) in [7, 11) is -2.05. The van der Waals surface area contributed by atoms with Gasteiger partial charge in [-0.15, -0.1) is 0 Å². The molecule has 146 valence electrons. The summed E-state index contributed by atoms with van der Waals surface area (Å²) in [4.78, 5) is 13.2. The minimum absolute atomic E-state index is 0.0617. The molecular weight excluding hydrogens is 390 g/mol. The normalized spacial score (nSPS) is 15.7. The fraction of sp³-hybridized carbons (Fsp3) is 0.143. The maximum atomic E-state index is 13.2. The minimum Gasteiger partial charge on any atom is -0.505 e. The Morgan fingerprint density at radius 3 is 2.28 bits per heavy atom. The minimum atomic E-state index is -3.81. The number of hydrogen-bond donors (Lipinski definition) is 1. The molecule has 0 saturated carbocycles. The molecule has 1 aliphatic rings. The highest BCUT2D eigenvalue weighted by Crippen LogP contribution is 2.45. The van der Waals surface area contributed by atoms with E-state index in [9.17, 15) is 18.3 Å². The number of benzene rings is 2. The van der Waals surface area contributed by atoms with Crippen LogP contribution in [-0.2, 0) is 28.4 Å². The van der Waals surface area contributed by atoms with Crippen LogP contribution in [0.15, 0.2) is 52.9 Å². The SMILES string of the molecule is Cn1c2c(c3ccccc31)-c1c(O)c3ccccc3n1CC(=O)/C2=N\S(C)(=O)=O. The molecule has 4 aromatic rings. The standard InChI is InChI=1S/C21H17N3O4S/c1-23-14-9-5-3-7-12(14)17-19(23)18(22-29(2,27)28)16(25)11-24-15-10-6-4-8-13(15)21(26)20(17)24/h3-10,26H,11H2,1-2H3/b22-18+. The predicted molar refractivity (Wildman–Crippen MR) is 112 cm³/mol. The zero-order valence-electron chi connectivity index (χ0n) is 15.7. The van der Waals surface area contributed by atoms with Crippen molar-refractivity contribution in [2.75, 3.05) is 6.26 Å². The van der Waals surface area contributed by atoms with Gasteiger partial charge in [0.05, 0.1) is 29.7 Å². The van der Waals surface area contributed by atoms with Gasteiger partial charge in [0, 0.05) is 28.9 Å². The number of sulfonamides is 1. The van der Waals surface area contributed by atoms with Gasteiger partial charge in [-0.05, 0) is 18.2 Å². The Balaban J connectivity index is 2.05. The molecule has 5 rings (SSSR count). The number of aryl methyl sites for hydroxylation is 1. The molecule has 1 aliphatic heterocycles. The summed E-state index contributed by atoms with van der Waals surface area (Å²) in [6.07, 6.45) is 0.966. The molecule has 0 fully saturated rings. The zero-order chi connectivity index (χ0) is 20.5. The van der Waals surface area contributed by atoms with Crippen LogP contribution >= 0.6 is 0 Å². The summed E-state index contributed by atoms with van der Waals surface area (Å²) in [5.74, 6) is -0.367. The summed E-state index contributed by atoms with van der Waals surface area (Å²) in [5, 5.41) is 12.5. The van der Waals surface area contributed by atoms with Crippen LogP contribution in [-0.4, -0.2) is 40.4 Å². The fourth-order valence-electron chi connectivity index (χ4n) is 4.22. The van der Waals surface area contributed by atoms with Crippen molar-refractivity contribution in [2.24, 2.45) is 11.4 Å². The van der Waals surface area contributed by atoms with Crippen LogP contribution in [0.5, 0.6) is 5.75 Å². The average molecular weight is 407 g/mol. The highest BCUT2D eigenvalue weighted by atomic mass is 32.2. The van der Waals surface area contributed by atoms with E-state index in [4.69, 9.17) is 0 Å². The highest BCUT2D eigenvalue weighted by Gasteiger charge is 2.34. The third kappa shape index (κ3) is 2.45. The van der Waals surface area contributed by atoms with Crippen molar-refractivity contribution in [3.8, 4) is 17.0 Å². The summed E-state index contributed by atoms with van der Waals surface area (Å²) < 4.78 is 31.3. The molecule has 3 heterocycles. The van der Waals surface area contributed by atoms with Gasteiger partial charge in [-0.25, -0.2) is 8.42 Å². The summed E-state index contributed by atoms with van der Waals surface area (Å²) >= 11 is 0. The van der Waals surface area contributed by atoms with Crippen molar-refractivity contribution in [3.63, 3.8) is 0 Å². The predicted octanol–water partition coefficient (Wildman–Crippen LogP) is 2.84. The fourth-order valence-corrected chi connectivity index (χ4v) is 4.74. The molecule has 2 aromatic carbocycles. The number of hydrogen-bond acceptors (Lipinski definition) is 4. The monoisotopic (exact) mass is 407 g/mol. The Bertz CT molecular complexity index is 1490. The number of nitrogens with zero attached hydrogens (tertiary/aromatic N) is 3. The second-order valence-corrected chi connectivity index (χ2v) is 8.84. The van der Waals surface area contributed by atoms with E-state index in [1.165, 1.54) is 0 Å². The first-order chi connectivity index (χ1) is 13.8. The quantitative estimate of drug-likeness (QED) is 0.525. The lowest BCUT2D eigenvalue weighted by Crippen LogP contribution is -2.22. The van der Waals surface area contributed by atoms with Gasteiger partial charge in [0.25, 0.3) is 10.0 Å². The molecule has 0 radical (unpaired) electrons. The van der Waals surface area contributed by atoms with Crippen LogP contribution in [0.2, 0.25) is 0 Å². The number of aromatic hydroxyl groups is 1. The molecule has 8 heteroatoms. The molecule has 0 unspecified atom stereocenters. The van der Waals surface area contributed by atoms with Gasteiger partial charge in [0.1, 0.15) is 11.5 Å². The largest absolute Gasteiger partial charge is 0.505 e. The Kier molecular flexibility index (Phi) is 3.54. The van der Waals surface area contributed by atoms with Gasteiger partial charge in [-0.2, -0.15) is 4.40 Å². The molecule has 7 nitrogen and oxygen atoms in total. The first-order valence-corrected chi connectivity index (χ1v) is 10.8. The molecule has 0 spiro atoms. The molecule has 0 amide bonds. The highest BCUT2D eigenvalue weighted by molar-refractivity contribution is 7.89. The van der Waals surface area contributed by atoms with Gasteiger partial charge in [0.2, 0.25) is 5.78 Å². The summed E-state index contributed by atoms with van der Waals surface area (Å²) in [6.45, 7) is -0.117. The first-order valence-electron chi connectivity index (χ1n) is 8.99. The van der Waals surface area contributed by atoms with Crippen LogP contribution < -0.4 is 0 Å². The molecule has 1 N–H and O–H groups in total. The number of carbonyl (C=O) groups is 1. The van der Waals surface area contributed by atoms with Crippen molar-refractivity contribution in [2.45, 2.75) is 6.54 Å². The van der Waals surface area contributed by atoms with Gasteiger partial charge < -0.3 is 14.2 Å². The molecular formula is C21H17N3O4S. The number of carbonyl (C=O) groups excluding carboxylic acids is 1. The molecule has 0 bridgehead atoms. The lowest BCUT2D eigenvalue weighted by molar-refractivity contribution is -0.113. The van der Waals surface area contributed by atoms with Gasteiger partial charge in [-0.3, -0.25) is 4.79 Å². The van der Waals surface area contributed by atoms with E-state index in [0.29, 0.717) is 27.9 Å². The topological polar surface area (TPSA) is 93.7 Å². The Morgan fingerprint density at radius 2 is 1.59 bits per heavy atom. The number of Topliss-reactive ketones (excluding diaryl/α,β-unsaturated/α-hetero) is 1. The number of fused-ring (bicyclic) bond motifs is 7. The summed E-state index contributed by atoms with van der Waals surface area (Å²) in [6, 6.07) is 14.8. The average Bonchev–Trinajstić information content (AvgIpc) is 3.06. The number of rotatable bonds is 1. The molecule has 29 heavy (non-hydrogen) atoms. The van der Waals surface area contributed by atoms with E-state index in [-0.39, 0.29) is 18.0 Å². The third-order valence-corrected chi connectivity index (χ3v) is 5.85. The number of ketones is 1. The third-order valence-electron chi connectivity index (χ3n) is 5.34. The Labute approximate surface area is 166 Å². The second-order valence-electron chi connectivity index (χ2n) is 7.20. The number of para-hydroxylation sites is 2. The molecule has 0 atom stereocenters. The van der Waals surface area contributed by atoms with Gasteiger partial charge in [0.15, 0.2) is 0 Å². The van der Waals surface area contributed by atoms with E-state index in [0.717, 1.165) is 17.2 Å². The van der Waals surface area contributed by atoms with E-state index in [1.54, 1.807) is 22.2 Å². The maximum absolute atomic E-state index is 13.2. The summed E-state index contributed by atoms with van der Waals surface area (Å²) in [5.41, 5.74) is 2.87. The van der Waals surface area contributed by atoms with Gasteiger partial charge in [-0.1, -0.05) is 30.3 Å². The van der Waals surface area contributed by atoms with Crippen LogP contribution in [0.1, 0.15) is 5.69 Å². The number of aromatic nitrogens is 2. The molecule has 0 aliphatic carbocycles. The van der Waals surface area contributed by atoms with E-state index in [2.05, 4.69) is 4.40 Å². The van der Waals surface area contributed by atoms with Crippen LogP contribution in [0.3, 0.4) is 0 Å². The van der Waals surface area contributed by atoms with Crippen molar-refractivity contribution >= 4 is 43.3 Å². The lowest BCUT2D eigenvalue weighted by Gasteiger charge is -2.07. The Morgan fingerprint density at radius 1 is 0.966 bits per heavy atom. The smallest absolute Gasteiger partial charge is 0.250 e. The van der Waals surface area contributed by atoms with Crippen molar-refractivity contribution in [1.29, 1.82) is 0 Å². The van der Waals surface area contributed by atoms with E-state index < -0.39 is 15.8 Å². The van der Waals surface area contributed by atoms with Crippen LogP contribution in [0.25, 0.3) is 33.1 Å². The van der Waals surface area contributed by atoms with Gasteiger partial charge >= 0.3 is 0 Å². The second kappa shape index (κ2) is 5.81. The van der Waals surface area contributed by atoms with E-state index >= 15 is 0 Å². The van der Waals surface area contributed by atoms with Crippen molar-refractivity contribution in [3.05, 3.63) is 54.2 Å². The van der Waals surface area contributed by atoms with Crippen molar-refractivity contribution in [1.82, 2.24) is 9.13 Å². The lowest BCUT2D eigenvalue weighted by atomic mass is 10.0. The molecule has 2 aromatic heterocycles. The Hall–Kier alpha value is -3.39. The van der Waals surface area contributed by atoms with Crippen molar-refractivity contribution < 1.29 is 18.3 Å².